The summed E-state index contributed by atoms with van der Waals surface area (Å²) >= 11 is 0. The molecule has 0 aliphatic carbocycles. The molecule has 0 amide bonds. The van der Waals surface area contributed by atoms with Gasteiger partial charge in [0, 0.05) is 31.8 Å². The van der Waals surface area contributed by atoms with Gasteiger partial charge in [0.2, 0.25) is 11.8 Å². The van der Waals surface area contributed by atoms with Crippen LogP contribution in [0.2, 0.25) is 0 Å². The Morgan fingerprint density at radius 2 is 1.94 bits per heavy atom. The second-order valence-corrected chi connectivity index (χ2v) is 8.02. The van der Waals surface area contributed by atoms with Crippen molar-refractivity contribution in [2.45, 2.75) is 13.0 Å². The Labute approximate surface area is 186 Å². The topological polar surface area (TPSA) is 85.0 Å². The lowest BCUT2D eigenvalue weighted by atomic mass is 9.98. The van der Waals surface area contributed by atoms with Gasteiger partial charge in [0.15, 0.2) is 0 Å². The van der Waals surface area contributed by atoms with Crippen molar-refractivity contribution in [3.63, 3.8) is 0 Å². The predicted octanol–water partition coefficient (Wildman–Crippen LogP) is 4.43. The third-order valence-corrected chi connectivity index (χ3v) is 5.64. The second-order valence-electron chi connectivity index (χ2n) is 8.02. The quantitative estimate of drug-likeness (QED) is 0.471. The average molecular weight is 425 g/mol. The zero-order chi connectivity index (χ0) is 21.9. The zero-order valence-electron chi connectivity index (χ0n) is 17.8. The largest absolute Gasteiger partial charge is 0.439 e. The number of hydrogen-bond acceptors (Lipinski definition) is 6. The molecule has 2 aromatic carbocycles. The van der Waals surface area contributed by atoms with Crippen molar-refractivity contribution in [2.24, 2.45) is 13.0 Å². The van der Waals surface area contributed by atoms with E-state index in [9.17, 15) is 0 Å². The van der Waals surface area contributed by atoms with E-state index in [1.807, 2.05) is 37.4 Å². The van der Waals surface area contributed by atoms with Crippen molar-refractivity contribution in [3.05, 3.63) is 77.5 Å². The standard InChI is InChI=1S/C25H23N5O2/c1-30-23-11-18(10-20-15-31-16-20)4-8-22(23)29-25(30)28-13-17-2-6-21(7-3-17)32-24-9-5-19(12-26)14-27-24/h2-9,11,14,20H,10,13,15-16H2,1H3,(H,28,29). The van der Waals surface area contributed by atoms with Crippen LogP contribution < -0.4 is 10.1 Å². The van der Waals surface area contributed by atoms with E-state index in [4.69, 9.17) is 19.7 Å². The summed E-state index contributed by atoms with van der Waals surface area (Å²) in [4.78, 5) is 8.87. The van der Waals surface area contributed by atoms with E-state index in [1.54, 1.807) is 12.1 Å². The maximum Gasteiger partial charge on any atom is 0.219 e. The van der Waals surface area contributed by atoms with E-state index in [2.05, 4.69) is 33.1 Å². The van der Waals surface area contributed by atoms with Gasteiger partial charge < -0.3 is 19.4 Å². The van der Waals surface area contributed by atoms with E-state index < -0.39 is 0 Å². The van der Waals surface area contributed by atoms with Gasteiger partial charge in [-0.2, -0.15) is 5.26 Å². The van der Waals surface area contributed by atoms with Crippen molar-refractivity contribution in [2.75, 3.05) is 18.5 Å². The number of pyridine rings is 1. The Balaban J connectivity index is 1.22. The summed E-state index contributed by atoms with van der Waals surface area (Å²) < 4.78 is 13.1. The number of imidazole rings is 1. The molecule has 1 N–H and O–H groups in total. The van der Waals surface area contributed by atoms with Crippen LogP contribution in [-0.4, -0.2) is 27.7 Å². The third-order valence-electron chi connectivity index (χ3n) is 5.64. The van der Waals surface area contributed by atoms with Gasteiger partial charge in [0.05, 0.1) is 29.8 Å². The van der Waals surface area contributed by atoms with Crippen LogP contribution in [0.25, 0.3) is 11.0 Å². The molecule has 0 unspecified atom stereocenters. The number of nitriles is 1. The summed E-state index contributed by atoms with van der Waals surface area (Å²) in [7, 11) is 2.04. The molecule has 32 heavy (non-hydrogen) atoms. The number of rotatable bonds is 7. The van der Waals surface area contributed by atoms with Crippen LogP contribution in [0.5, 0.6) is 11.6 Å². The Hall–Kier alpha value is -3.89. The van der Waals surface area contributed by atoms with E-state index in [0.717, 1.165) is 42.2 Å². The van der Waals surface area contributed by atoms with Gasteiger partial charge in [-0.1, -0.05) is 18.2 Å². The maximum absolute atomic E-state index is 8.85. The summed E-state index contributed by atoms with van der Waals surface area (Å²) in [5.74, 6) is 2.63. The smallest absolute Gasteiger partial charge is 0.219 e. The number of aryl methyl sites for hydroxylation is 1. The first-order valence-electron chi connectivity index (χ1n) is 10.6. The van der Waals surface area contributed by atoms with Crippen LogP contribution in [0.4, 0.5) is 5.95 Å². The average Bonchev–Trinajstić information content (AvgIpc) is 3.11. The predicted molar refractivity (Wildman–Crippen MR) is 122 cm³/mol. The lowest BCUT2D eigenvalue weighted by Crippen LogP contribution is -2.29. The fraction of sp³-hybridized carbons (Fsp3) is 0.240. The minimum Gasteiger partial charge on any atom is -0.439 e. The van der Waals surface area contributed by atoms with Crippen LogP contribution in [0.3, 0.4) is 0 Å². The van der Waals surface area contributed by atoms with Crippen LogP contribution in [0.1, 0.15) is 16.7 Å². The molecule has 0 bridgehead atoms. The number of hydrogen-bond donors (Lipinski definition) is 1. The van der Waals surface area contributed by atoms with E-state index in [-0.39, 0.29) is 0 Å². The molecule has 7 heteroatoms. The summed E-state index contributed by atoms with van der Waals surface area (Å²) in [6, 6.07) is 19.7. The summed E-state index contributed by atoms with van der Waals surface area (Å²) in [6.45, 7) is 2.38. The van der Waals surface area contributed by atoms with Gasteiger partial charge in [-0.25, -0.2) is 9.97 Å². The Morgan fingerprint density at radius 3 is 2.62 bits per heavy atom. The van der Waals surface area contributed by atoms with Crippen molar-refractivity contribution in [3.8, 4) is 17.7 Å². The van der Waals surface area contributed by atoms with Crippen molar-refractivity contribution < 1.29 is 9.47 Å². The molecule has 0 radical (unpaired) electrons. The lowest BCUT2D eigenvalue weighted by molar-refractivity contribution is -0.0312. The highest BCUT2D eigenvalue weighted by molar-refractivity contribution is 5.79. The fourth-order valence-electron chi connectivity index (χ4n) is 3.74. The molecule has 1 aliphatic heterocycles. The molecule has 160 valence electrons. The molecule has 1 fully saturated rings. The zero-order valence-corrected chi connectivity index (χ0v) is 17.8. The molecule has 7 nitrogen and oxygen atoms in total. The number of nitrogens with zero attached hydrogens (tertiary/aromatic N) is 4. The summed E-state index contributed by atoms with van der Waals surface area (Å²) in [6.07, 6.45) is 2.55. The molecule has 1 aliphatic rings. The van der Waals surface area contributed by atoms with Gasteiger partial charge in [-0.3, -0.25) is 0 Å². The molecule has 0 saturated carbocycles. The van der Waals surface area contributed by atoms with Crippen LogP contribution in [0, 0.1) is 17.2 Å². The number of anilines is 1. The Morgan fingerprint density at radius 1 is 1.12 bits per heavy atom. The number of fused-ring (bicyclic) bond motifs is 1. The molecular formula is C25H23N5O2. The van der Waals surface area contributed by atoms with Gasteiger partial charge in [-0.05, 0) is 47.9 Å². The van der Waals surface area contributed by atoms with Gasteiger partial charge in [-0.15, -0.1) is 0 Å². The number of nitrogens with one attached hydrogen (secondary N) is 1. The highest BCUT2D eigenvalue weighted by atomic mass is 16.5. The monoisotopic (exact) mass is 425 g/mol. The molecule has 4 aromatic rings. The SMILES string of the molecule is Cn1c(NCc2ccc(Oc3ccc(C#N)cn3)cc2)nc2ccc(CC3COC3)cc21. The first-order chi connectivity index (χ1) is 15.7. The first kappa shape index (κ1) is 20.0. The summed E-state index contributed by atoms with van der Waals surface area (Å²) in [5.41, 5.74) is 5.06. The number of ether oxygens (including phenoxy) is 2. The lowest BCUT2D eigenvalue weighted by Gasteiger charge is -2.25. The Bertz CT molecular complexity index is 1270. The van der Waals surface area contributed by atoms with Crippen LogP contribution in [-0.2, 0) is 24.8 Å². The molecule has 5 rings (SSSR count). The van der Waals surface area contributed by atoms with E-state index in [0.29, 0.717) is 29.7 Å². The molecule has 2 aromatic heterocycles. The normalized spacial score (nSPS) is 13.5. The molecular weight excluding hydrogens is 402 g/mol. The second kappa shape index (κ2) is 8.69. The molecule has 0 atom stereocenters. The van der Waals surface area contributed by atoms with Gasteiger partial charge >= 0.3 is 0 Å². The van der Waals surface area contributed by atoms with Crippen LogP contribution in [0.15, 0.2) is 60.8 Å². The molecule has 3 heterocycles. The van der Waals surface area contributed by atoms with Crippen molar-refractivity contribution >= 4 is 17.0 Å². The minimum absolute atomic E-state index is 0.457. The van der Waals surface area contributed by atoms with E-state index in [1.165, 1.54) is 11.8 Å². The molecule has 0 spiro atoms. The summed E-state index contributed by atoms with van der Waals surface area (Å²) in [5, 5.41) is 12.3. The number of aromatic nitrogens is 3. The Kier molecular flexibility index (Phi) is 5.44. The highest BCUT2D eigenvalue weighted by Crippen LogP contribution is 2.24. The third kappa shape index (κ3) is 4.27. The van der Waals surface area contributed by atoms with Crippen molar-refractivity contribution in [1.29, 1.82) is 5.26 Å². The molecule has 1 saturated heterocycles. The fourth-order valence-corrected chi connectivity index (χ4v) is 3.74. The number of benzene rings is 2. The van der Waals surface area contributed by atoms with Crippen LogP contribution >= 0.6 is 0 Å². The van der Waals surface area contributed by atoms with Gasteiger partial charge in [0.25, 0.3) is 0 Å². The van der Waals surface area contributed by atoms with E-state index >= 15 is 0 Å². The minimum atomic E-state index is 0.457. The van der Waals surface area contributed by atoms with Gasteiger partial charge in [0.1, 0.15) is 11.8 Å². The first-order valence-corrected chi connectivity index (χ1v) is 10.6. The highest BCUT2D eigenvalue weighted by Gasteiger charge is 2.19. The van der Waals surface area contributed by atoms with Crippen molar-refractivity contribution in [1.82, 2.24) is 14.5 Å². The maximum atomic E-state index is 8.85.